The van der Waals surface area contributed by atoms with Crippen LogP contribution in [0.2, 0.25) is 0 Å². The van der Waals surface area contributed by atoms with Crippen molar-refractivity contribution in [3.63, 3.8) is 0 Å². The van der Waals surface area contributed by atoms with Crippen molar-refractivity contribution < 1.29 is 28.2 Å². The van der Waals surface area contributed by atoms with Gasteiger partial charge in [-0.15, -0.1) is 0 Å². The Bertz CT molecular complexity index is 1260. The van der Waals surface area contributed by atoms with Crippen molar-refractivity contribution in [2.45, 2.75) is 38.6 Å². The number of amides is 2. The van der Waals surface area contributed by atoms with Crippen LogP contribution in [0.4, 0.5) is 0 Å². The van der Waals surface area contributed by atoms with Gasteiger partial charge in [-0.3, -0.25) is 14.5 Å². The summed E-state index contributed by atoms with van der Waals surface area (Å²) in [5.41, 5.74) is 1.34. The number of carbonyl (C=O) groups excluding carboxylic acids is 2. The molecule has 2 atom stereocenters. The van der Waals surface area contributed by atoms with Gasteiger partial charge in [-0.1, -0.05) is 19.1 Å². The van der Waals surface area contributed by atoms with E-state index in [0.29, 0.717) is 49.0 Å². The highest BCUT2D eigenvalue weighted by atomic mass is 16.5. The SMILES string of the molecule is CCc1ccc(CN2C[C@@H]3NC(=O)c4ccc(OC)c(c4)OCC(=O)NCc4ccc(cc4)O[C@H]3C2)o1. The second-order valence-corrected chi connectivity index (χ2v) is 9.23. The molecule has 2 N–H and O–H groups in total. The zero-order valence-electron chi connectivity index (χ0n) is 21.0. The lowest BCUT2D eigenvalue weighted by atomic mass is 10.1. The van der Waals surface area contributed by atoms with E-state index in [1.807, 2.05) is 36.4 Å². The molecule has 3 aromatic rings. The number of likely N-dealkylation sites (tertiary alicyclic amines) is 1. The number of rotatable bonds is 4. The molecule has 0 aliphatic carbocycles. The first-order chi connectivity index (χ1) is 18.0. The van der Waals surface area contributed by atoms with Crippen LogP contribution in [-0.2, 0) is 24.3 Å². The van der Waals surface area contributed by atoms with E-state index in [0.717, 1.165) is 23.5 Å². The zero-order chi connectivity index (χ0) is 25.8. The second-order valence-electron chi connectivity index (χ2n) is 9.23. The van der Waals surface area contributed by atoms with Crippen LogP contribution in [0.15, 0.2) is 59.0 Å². The Hall–Kier alpha value is -3.98. The van der Waals surface area contributed by atoms with E-state index >= 15 is 0 Å². The van der Waals surface area contributed by atoms with Gasteiger partial charge in [0.15, 0.2) is 18.1 Å². The van der Waals surface area contributed by atoms with Crippen molar-refractivity contribution in [1.29, 1.82) is 0 Å². The molecule has 4 bridgehead atoms. The average Bonchev–Trinajstić information content (AvgIpc) is 3.52. The molecule has 2 aromatic carbocycles. The third-order valence-corrected chi connectivity index (χ3v) is 6.59. The maximum absolute atomic E-state index is 13.3. The lowest BCUT2D eigenvalue weighted by Gasteiger charge is -2.21. The molecular formula is C28H31N3O6. The lowest BCUT2D eigenvalue weighted by Crippen LogP contribution is -2.45. The summed E-state index contributed by atoms with van der Waals surface area (Å²) < 4.78 is 23.3. The number of hydrogen-bond donors (Lipinski definition) is 2. The minimum Gasteiger partial charge on any atom is -0.493 e. The molecule has 0 unspecified atom stereocenters. The van der Waals surface area contributed by atoms with Crippen LogP contribution < -0.4 is 24.8 Å². The summed E-state index contributed by atoms with van der Waals surface area (Å²) >= 11 is 0. The quantitative estimate of drug-likeness (QED) is 0.562. The van der Waals surface area contributed by atoms with Crippen molar-refractivity contribution >= 4 is 11.8 Å². The minimum atomic E-state index is -0.279. The Morgan fingerprint density at radius 1 is 1.03 bits per heavy atom. The summed E-state index contributed by atoms with van der Waals surface area (Å²) in [6.45, 7) is 4.09. The molecule has 0 spiro atoms. The molecule has 2 amide bonds. The molecule has 1 aromatic heterocycles. The number of carbonyl (C=O) groups is 2. The number of hydrogen-bond acceptors (Lipinski definition) is 7. The van der Waals surface area contributed by atoms with Gasteiger partial charge in [0.05, 0.1) is 19.7 Å². The van der Waals surface area contributed by atoms with E-state index in [1.165, 1.54) is 7.11 Å². The molecule has 4 heterocycles. The predicted octanol–water partition coefficient (Wildman–Crippen LogP) is 2.92. The number of fused-ring (bicyclic) bond motifs is 7. The second kappa shape index (κ2) is 11.0. The first kappa shape index (κ1) is 24.7. The summed E-state index contributed by atoms with van der Waals surface area (Å²) in [4.78, 5) is 27.8. The number of furan rings is 1. The molecule has 1 fully saturated rings. The largest absolute Gasteiger partial charge is 0.493 e. The van der Waals surface area contributed by atoms with Gasteiger partial charge in [-0.05, 0) is 48.0 Å². The average molecular weight is 506 g/mol. The van der Waals surface area contributed by atoms with Crippen molar-refractivity contribution in [3.8, 4) is 17.2 Å². The third-order valence-electron chi connectivity index (χ3n) is 6.59. The summed E-state index contributed by atoms with van der Waals surface area (Å²) in [5, 5.41) is 5.98. The predicted molar refractivity (Wildman–Crippen MR) is 136 cm³/mol. The number of benzene rings is 2. The van der Waals surface area contributed by atoms with Crippen molar-refractivity contribution in [2.24, 2.45) is 0 Å². The highest BCUT2D eigenvalue weighted by Gasteiger charge is 2.36. The van der Waals surface area contributed by atoms with Crippen LogP contribution in [0.25, 0.3) is 0 Å². The molecule has 9 nitrogen and oxygen atoms in total. The molecule has 9 heteroatoms. The molecule has 3 aliphatic rings. The van der Waals surface area contributed by atoms with Gasteiger partial charge < -0.3 is 29.3 Å². The van der Waals surface area contributed by atoms with Crippen molar-refractivity contribution in [3.05, 3.63) is 77.2 Å². The van der Waals surface area contributed by atoms with Gasteiger partial charge >= 0.3 is 0 Å². The smallest absolute Gasteiger partial charge is 0.258 e. The summed E-state index contributed by atoms with van der Waals surface area (Å²) in [5.74, 6) is 2.77. The first-order valence-corrected chi connectivity index (χ1v) is 12.4. The molecule has 0 saturated carbocycles. The fourth-order valence-electron chi connectivity index (χ4n) is 4.59. The minimum absolute atomic E-state index is 0.200. The standard InChI is InChI=1S/C28H31N3O6/c1-3-20-9-10-22(36-20)14-31-15-23-26(16-31)37-21-7-4-18(5-8-21)13-29-27(32)17-35-25-12-19(28(33)30-23)6-11-24(25)34-2/h4-12,23,26H,3,13-17H2,1-2H3,(H,29,32)(H,30,33)/t23-,26-/m0/s1. The molecular weight excluding hydrogens is 474 g/mol. The maximum Gasteiger partial charge on any atom is 0.258 e. The molecule has 3 aliphatic heterocycles. The number of ether oxygens (including phenoxy) is 3. The Balaban J connectivity index is 1.41. The molecule has 0 radical (unpaired) electrons. The summed E-state index contributed by atoms with van der Waals surface area (Å²) in [6, 6.07) is 16.3. The van der Waals surface area contributed by atoms with Gasteiger partial charge in [-0.2, -0.15) is 0 Å². The number of aryl methyl sites for hydroxylation is 1. The Labute approximate surface area is 215 Å². The monoisotopic (exact) mass is 505 g/mol. The fourth-order valence-corrected chi connectivity index (χ4v) is 4.59. The number of nitrogens with one attached hydrogen (secondary N) is 2. The molecule has 6 rings (SSSR count). The van der Waals surface area contributed by atoms with Gasteiger partial charge in [0.25, 0.3) is 11.8 Å². The fraction of sp³-hybridized carbons (Fsp3) is 0.357. The number of nitrogens with zero attached hydrogens (tertiary/aromatic N) is 1. The lowest BCUT2D eigenvalue weighted by molar-refractivity contribution is -0.123. The van der Waals surface area contributed by atoms with E-state index < -0.39 is 0 Å². The maximum atomic E-state index is 13.3. The van der Waals surface area contributed by atoms with Gasteiger partial charge in [-0.25, -0.2) is 0 Å². The van der Waals surface area contributed by atoms with Crippen LogP contribution >= 0.6 is 0 Å². The Morgan fingerprint density at radius 2 is 1.84 bits per heavy atom. The van der Waals surface area contributed by atoms with Crippen LogP contribution in [0, 0.1) is 0 Å². The van der Waals surface area contributed by atoms with Gasteiger partial charge in [0.1, 0.15) is 23.4 Å². The molecule has 37 heavy (non-hydrogen) atoms. The van der Waals surface area contributed by atoms with E-state index in [2.05, 4.69) is 22.5 Å². The highest BCUT2D eigenvalue weighted by Crippen LogP contribution is 2.29. The normalized spacial score (nSPS) is 20.3. The van der Waals surface area contributed by atoms with Crippen LogP contribution in [-0.4, -0.2) is 55.7 Å². The first-order valence-electron chi connectivity index (χ1n) is 12.4. The van der Waals surface area contributed by atoms with Crippen LogP contribution in [0.1, 0.15) is 34.4 Å². The summed E-state index contributed by atoms with van der Waals surface area (Å²) in [7, 11) is 1.51. The van der Waals surface area contributed by atoms with Gasteiger partial charge in [0, 0.05) is 31.6 Å². The summed E-state index contributed by atoms with van der Waals surface area (Å²) in [6.07, 6.45) is 0.581. The Kier molecular flexibility index (Phi) is 7.32. The molecule has 194 valence electrons. The van der Waals surface area contributed by atoms with Gasteiger partial charge in [0.2, 0.25) is 0 Å². The van der Waals surface area contributed by atoms with E-state index in [-0.39, 0.29) is 30.6 Å². The van der Waals surface area contributed by atoms with Crippen LogP contribution in [0.5, 0.6) is 17.2 Å². The van der Waals surface area contributed by atoms with Crippen LogP contribution in [0.3, 0.4) is 0 Å². The Morgan fingerprint density at radius 3 is 2.59 bits per heavy atom. The molecule has 1 saturated heterocycles. The van der Waals surface area contributed by atoms with Crippen molar-refractivity contribution in [2.75, 3.05) is 26.8 Å². The topological polar surface area (TPSA) is 102 Å². The zero-order valence-corrected chi connectivity index (χ0v) is 21.0. The highest BCUT2D eigenvalue weighted by molar-refractivity contribution is 5.95. The van der Waals surface area contributed by atoms with E-state index in [1.54, 1.807) is 18.2 Å². The van der Waals surface area contributed by atoms with Crippen molar-refractivity contribution in [1.82, 2.24) is 15.5 Å². The van der Waals surface area contributed by atoms with E-state index in [9.17, 15) is 9.59 Å². The number of methoxy groups -OCH3 is 1. The third kappa shape index (κ3) is 5.89. The van der Waals surface area contributed by atoms with E-state index in [4.69, 9.17) is 18.6 Å².